The molecule has 0 heterocycles. The zero-order chi connectivity index (χ0) is 54.7. The van der Waals surface area contributed by atoms with Crippen LogP contribution in [0.15, 0.2) is 267 Å². The van der Waals surface area contributed by atoms with Crippen LogP contribution in [0.25, 0.3) is 32.7 Å². The summed E-state index contributed by atoms with van der Waals surface area (Å²) in [5, 5.41) is 3.92. The van der Waals surface area contributed by atoms with Crippen molar-refractivity contribution in [2.75, 3.05) is 26.7 Å². The molecule has 388 valence electrons. The summed E-state index contributed by atoms with van der Waals surface area (Å²) in [6.45, 7) is 8.52. The molecule has 0 aromatic heterocycles. The topological polar surface area (TPSA) is 39.3 Å². The lowest BCUT2D eigenvalue weighted by atomic mass is 9.89. The maximum Gasteiger partial charge on any atom is 0.150 e. The number of anilines is 12. The van der Waals surface area contributed by atoms with E-state index in [0.29, 0.717) is 11.3 Å². The van der Waals surface area contributed by atoms with Crippen molar-refractivity contribution >= 4 is 96.1 Å². The molecule has 0 spiro atoms. The van der Waals surface area contributed by atoms with Crippen molar-refractivity contribution in [2.24, 2.45) is 0 Å². The number of carbonyl (C=O) groups excluding carboxylic acids is 1. The first-order valence-corrected chi connectivity index (χ1v) is 27.1. The second kappa shape index (κ2) is 22.1. The number of carbonyl (C=O) groups is 1. The average molecular weight is 1040 g/mol. The number of aryl methyl sites for hydroxylation is 4. The van der Waals surface area contributed by atoms with E-state index in [-0.39, 0.29) is 0 Å². The fraction of sp³-hybridized carbons (Fsp3) is 0.0676. The van der Waals surface area contributed by atoms with E-state index < -0.39 is 0 Å². The Labute approximate surface area is 469 Å². The van der Waals surface area contributed by atoms with E-state index >= 15 is 0 Å². The number of hydrogen-bond acceptors (Lipinski definition) is 6. The summed E-state index contributed by atoms with van der Waals surface area (Å²) in [5.74, 6) is 0.685. The number of rotatable bonds is 15. The summed E-state index contributed by atoms with van der Waals surface area (Å²) in [7, 11) is 1.70. The normalized spacial score (nSPS) is 11.1. The minimum atomic E-state index is 0.583. The number of fused-ring (bicyclic) bond motifs is 2. The molecule has 0 fully saturated rings. The van der Waals surface area contributed by atoms with Gasteiger partial charge in [-0.15, -0.1) is 0 Å². The van der Waals surface area contributed by atoms with Crippen LogP contribution < -0.4 is 24.3 Å². The number of aldehydes is 1. The number of ether oxygens (including phenoxy) is 1. The molecule has 0 unspecified atom stereocenters. The Kier molecular flexibility index (Phi) is 14.0. The first kappa shape index (κ1) is 50.6. The lowest BCUT2D eigenvalue weighted by Crippen LogP contribution is -2.12. The summed E-state index contributed by atoms with van der Waals surface area (Å²) >= 11 is 0. The molecule has 0 aliphatic heterocycles. The molecule has 12 aromatic rings. The molecule has 0 atom stereocenters. The van der Waals surface area contributed by atoms with Crippen LogP contribution in [0.5, 0.6) is 5.75 Å². The number of methoxy groups -OCH3 is 1. The Morgan fingerprint density at radius 2 is 0.588 bits per heavy atom. The molecule has 0 N–H and O–H groups in total. The van der Waals surface area contributed by atoms with Crippen molar-refractivity contribution in [2.45, 2.75) is 27.7 Å². The maximum absolute atomic E-state index is 13.3. The minimum absolute atomic E-state index is 0.583. The van der Waals surface area contributed by atoms with Gasteiger partial charge in [-0.3, -0.25) is 4.79 Å². The van der Waals surface area contributed by atoms with Gasteiger partial charge in [0.1, 0.15) is 5.75 Å². The molecule has 12 rings (SSSR count). The van der Waals surface area contributed by atoms with Gasteiger partial charge in [-0.2, -0.15) is 0 Å². The minimum Gasteiger partial charge on any atom is -0.496 e. The van der Waals surface area contributed by atoms with E-state index in [1.165, 1.54) is 11.1 Å². The zero-order valence-corrected chi connectivity index (χ0v) is 45.6. The van der Waals surface area contributed by atoms with E-state index in [4.69, 9.17) is 4.74 Å². The molecule has 6 heteroatoms. The molecule has 0 aliphatic rings. The molecule has 80 heavy (non-hydrogen) atoms. The first-order chi connectivity index (χ1) is 39.2. The molecule has 0 amide bonds. The lowest BCUT2D eigenvalue weighted by Gasteiger charge is -2.29. The highest BCUT2D eigenvalue weighted by Crippen LogP contribution is 2.47. The summed E-state index contributed by atoms with van der Waals surface area (Å²) in [6, 6.07) is 94.4. The predicted octanol–water partition coefficient (Wildman–Crippen LogP) is 20.6. The largest absolute Gasteiger partial charge is 0.496 e. The highest BCUT2D eigenvalue weighted by Gasteiger charge is 2.23. The van der Waals surface area contributed by atoms with E-state index in [0.717, 1.165) is 118 Å². The third-order valence-electron chi connectivity index (χ3n) is 14.9. The van der Waals surface area contributed by atoms with Gasteiger partial charge in [0, 0.05) is 84.9 Å². The van der Waals surface area contributed by atoms with Crippen molar-refractivity contribution in [3.63, 3.8) is 0 Å². The van der Waals surface area contributed by atoms with Gasteiger partial charge in [0.25, 0.3) is 0 Å². The van der Waals surface area contributed by atoms with Crippen molar-refractivity contribution in [3.8, 4) is 16.9 Å². The summed E-state index contributed by atoms with van der Waals surface area (Å²) < 4.78 is 6.22. The van der Waals surface area contributed by atoms with Gasteiger partial charge in [0.05, 0.1) is 7.11 Å². The first-order valence-electron chi connectivity index (χ1n) is 27.1. The van der Waals surface area contributed by atoms with Crippen LogP contribution in [-0.4, -0.2) is 13.4 Å². The monoisotopic (exact) mass is 1040 g/mol. The molecule has 6 nitrogen and oxygen atoms in total. The number of hydrogen-bond donors (Lipinski definition) is 0. The second-order valence-electron chi connectivity index (χ2n) is 20.5. The van der Waals surface area contributed by atoms with Gasteiger partial charge in [-0.25, -0.2) is 0 Å². The third kappa shape index (κ3) is 10.0. The Balaban J connectivity index is 0.947. The quantitative estimate of drug-likeness (QED) is 0.0953. The van der Waals surface area contributed by atoms with E-state index in [2.05, 4.69) is 302 Å². The molecule has 12 aromatic carbocycles. The van der Waals surface area contributed by atoms with E-state index in [1.807, 2.05) is 12.1 Å². The summed E-state index contributed by atoms with van der Waals surface area (Å²) in [6.07, 6.45) is 0.965. The maximum atomic E-state index is 13.3. The van der Waals surface area contributed by atoms with Crippen molar-refractivity contribution in [1.29, 1.82) is 0 Å². The fourth-order valence-corrected chi connectivity index (χ4v) is 11.2. The molecule has 0 saturated heterocycles. The fourth-order valence-electron chi connectivity index (χ4n) is 11.2. The van der Waals surface area contributed by atoms with Gasteiger partial charge < -0.3 is 24.3 Å². The van der Waals surface area contributed by atoms with Crippen molar-refractivity contribution in [1.82, 2.24) is 0 Å². The molecule has 0 bridgehead atoms. The van der Waals surface area contributed by atoms with E-state index in [1.54, 1.807) is 7.11 Å². The van der Waals surface area contributed by atoms with Crippen LogP contribution in [0, 0.1) is 27.7 Å². The average Bonchev–Trinajstić information content (AvgIpc) is 3.60. The van der Waals surface area contributed by atoms with Crippen LogP contribution in [0.3, 0.4) is 0 Å². The van der Waals surface area contributed by atoms with Crippen LogP contribution in [0.4, 0.5) is 68.2 Å². The smallest absolute Gasteiger partial charge is 0.150 e. The Hall–Kier alpha value is -10.2. The number of nitrogens with zero attached hydrogens (tertiary/aromatic N) is 4. The third-order valence-corrected chi connectivity index (χ3v) is 14.9. The van der Waals surface area contributed by atoms with Crippen LogP contribution in [-0.2, 0) is 0 Å². The Morgan fingerprint density at radius 1 is 0.287 bits per heavy atom. The SMILES string of the molecule is COc1ccc2cc(N(c3ccc(N(c4ccccc4)c4cccc(C)c4)cc3)c3cccc(C)c3)ccc2c1-c1c(C=O)ccc2cc(N(c3ccc(N(c4ccccc4)c4cccc(C)c4)cc3)c3cccc(C)c3)ccc12. The number of para-hydroxylation sites is 2. The molecule has 0 radical (unpaired) electrons. The van der Waals surface area contributed by atoms with Crippen molar-refractivity contribution in [3.05, 3.63) is 295 Å². The highest BCUT2D eigenvalue weighted by molar-refractivity contribution is 6.13. The van der Waals surface area contributed by atoms with Crippen molar-refractivity contribution < 1.29 is 9.53 Å². The summed E-state index contributed by atoms with van der Waals surface area (Å²) in [4.78, 5) is 22.5. The van der Waals surface area contributed by atoms with Gasteiger partial charge >= 0.3 is 0 Å². The summed E-state index contributed by atoms with van der Waals surface area (Å²) in [5.41, 5.74) is 19.6. The van der Waals surface area contributed by atoms with Gasteiger partial charge in [0.2, 0.25) is 0 Å². The van der Waals surface area contributed by atoms with Crippen LogP contribution in [0.1, 0.15) is 32.6 Å². The molecular formula is C74H60N4O2. The Morgan fingerprint density at radius 3 is 0.938 bits per heavy atom. The molecule has 0 aliphatic carbocycles. The second-order valence-corrected chi connectivity index (χ2v) is 20.5. The highest BCUT2D eigenvalue weighted by atomic mass is 16.5. The Bertz CT molecular complexity index is 4200. The lowest BCUT2D eigenvalue weighted by molar-refractivity contribution is 0.112. The van der Waals surface area contributed by atoms with Crippen LogP contribution in [0.2, 0.25) is 0 Å². The number of benzene rings is 12. The van der Waals surface area contributed by atoms with Gasteiger partial charge in [0.15, 0.2) is 6.29 Å². The predicted molar refractivity (Wildman–Crippen MR) is 337 cm³/mol. The van der Waals surface area contributed by atoms with Gasteiger partial charge in [-0.1, -0.05) is 115 Å². The molecule has 0 saturated carbocycles. The van der Waals surface area contributed by atoms with E-state index in [9.17, 15) is 4.79 Å². The van der Waals surface area contributed by atoms with Gasteiger partial charge in [-0.05, 0) is 223 Å². The standard InChI is InChI=1S/C74H60N4O2/c1-51-16-12-24-64(44-51)75(58-20-8-6-9-21-58)60-31-35-62(36-32-60)77(66-26-14-18-53(3)46-66)68-39-41-70-55(48-68)28-29-57(50-79)73(70)74-71-42-40-69(49-56(71)30-43-72(74)80-5)78(67-27-15-19-54(4)47-67)63-37-33-61(34-38-63)76(59-22-10-7-11-23-59)65-25-13-17-52(2)45-65/h6-50H,1-5H3. The van der Waals surface area contributed by atoms with Crippen LogP contribution >= 0.6 is 0 Å². The molecular weight excluding hydrogens is 977 g/mol. The zero-order valence-electron chi connectivity index (χ0n) is 45.6.